The number of carbonyl (C=O) groups excluding carboxylic acids is 1. The molecule has 2 aliphatic heterocycles. The van der Waals surface area contributed by atoms with Gasteiger partial charge in [0.25, 0.3) is 0 Å². The van der Waals surface area contributed by atoms with Crippen molar-refractivity contribution < 1.29 is 22.7 Å². The molecule has 2 N–H and O–H groups in total. The van der Waals surface area contributed by atoms with Crippen LogP contribution in [0, 0.1) is 0 Å². The van der Waals surface area contributed by atoms with Gasteiger partial charge in [0.15, 0.2) is 0 Å². The zero-order valence-electron chi connectivity index (χ0n) is 21.4. The predicted octanol–water partition coefficient (Wildman–Crippen LogP) is 2.85. The highest BCUT2D eigenvalue weighted by atomic mass is 32.2. The second-order valence-electron chi connectivity index (χ2n) is 10.1. The van der Waals surface area contributed by atoms with Gasteiger partial charge in [-0.15, -0.1) is 0 Å². The van der Waals surface area contributed by atoms with E-state index in [-0.39, 0.29) is 23.9 Å². The van der Waals surface area contributed by atoms with Crippen LogP contribution in [0.15, 0.2) is 43.1 Å². The summed E-state index contributed by atoms with van der Waals surface area (Å²) in [6.07, 6.45) is 9.78. The van der Waals surface area contributed by atoms with Crippen molar-refractivity contribution in [2.45, 2.75) is 68.3 Å². The summed E-state index contributed by atoms with van der Waals surface area (Å²) in [4.78, 5) is 35.6. The SMILES string of the molecule is CCOc1cncc(-c2ccc(NC(=O)C3(c4cc(NS(=O)(=O)C5CC5)ncn4)CC4CCC(C3)O4)nc2)n1. The standard InChI is InChI=1S/C26H29N7O5S/c1-2-37-24-14-27-13-20(31-24)16-3-8-22(28-12-16)32-25(34)26(10-17-4-5-18(11-26)38-17)21-9-23(30-15-29-21)33-39(35,36)19-6-7-19/h3,8-9,12-15,17-19H,2,4-7,10-11H2,1H3,(H,28,32,34)(H,29,30,33). The lowest BCUT2D eigenvalue weighted by Gasteiger charge is -2.38. The largest absolute Gasteiger partial charge is 0.477 e. The zero-order valence-corrected chi connectivity index (χ0v) is 22.2. The Labute approximate surface area is 226 Å². The number of fused-ring (bicyclic) bond motifs is 2. The molecule has 1 amide bonds. The molecule has 2 atom stereocenters. The number of ether oxygens (including phenoxy) is 2. The molecule has 3 aromatic rings. The topological polar surface area (TPSA) is 158 Å². The molecule has 2 saturated heterocycles. The fraction of sp³-hybridized carbons (Fsp3) is 0.462. The second-order valence-corrected chi connectivity index (χ2v) is 12.1. The van der Waals surface area contributed by atoms with Gasteiger partial charge in [-0.25, -0.2) is 28.4 Å². The number of anilines is 2. The van der Waals surface area contributed by atoms with Gasteiger partial charge < -0.3 is 14.8 Å². The minimum atomic E-state index is -3.51. The van der Waals surface area contributed by atoms with Crippen molar-refractivity contribution in [3.05, 3.63) is 48.8 Å². The monoisotopic (exact) mass is 551 g/mol. The van der Waals surface area contributed by atoms with Crippen LogP contribution in [0.2, 0.25) is 0 Å². The molecule has 3 fully saturated rings. The number of sulfonamides is 1. The minimum Gasteiger partial charge on any atom is -0.477 e. The Hall–Kier alpha value is -3.71. The van der Waals surface area contributed by atoms with Crippen molar-refractivity contribution in [2.24, 2.45) is 0 Å². The van der Waals surface area contributed by atoms with Crippen molar-refractivity contribution in [3.63, 3.8) is 0 Å². The highest BCUT2D eigenvalue weighted by Crippen LogP contribution is 2.46. The van der Waals surface area contributed by atoms with E-state index in [0.29, 0.717) is 55.4 Å². The summed E-state index contributed by atoms with van der Waals surface area (Å²) in [6.45, 7) is 2.36. The summed E-state index contributed by atoms with van der Waals surface area (Å²) < 4.78 is 39.0. The number of hydrogen-bond donors (Lipinski definition) is 2. The van der Waals surface area contributed by atoms with Crippen LogP contribution in [0.3, 0.4) is 0 Å². The third-order valence-corrected chi connectivity index (χ3v) is 9.20. The zero-order chi connectivity index (χ0) is 27.0. The molecule has 39 heavy (non-hydrogen) atoms. The Balaban J connectivity index is 1.26. The Kier molecular flexibility index (Phi) is 6.63. The molecule has 204 valence electrons. The van der Waals surface area contributed by atoms with Crippen molar-refractivity contribution >= 4 is 27.6 Å². The maximum atomic E-state index is 14.0. The molecule has 3 aliphatic rings. The minimum absolute atomic E-state index is 0.0809. The maximum Gasteiger partial charge on any atom is 0.237 e. The first-order valence-corrected chi connectivity index (χ1v) is 14.6. The average Bonchev–Trinajstić information content (AvgIpc) is 3.74. The smallest absolute Gasteiger partial charge is 0.237 e. The number of carbonyl (C=O) groups is 1. The van der Waals surface area contributed by atoms with E-state index in [2.05, 4.69) is 35.0 Å². The van der Waals surface area contributed by atoms with E-state index in [4.69, 9.17) is 9.47 Å². The van der Waals surface area contributed by atoms with Gasteiger partial charge >= 0.3 is 0 Å². The summed E-state index contributed by atoms with van der Waals surface area (Å²) in [5.74, 6) is 0.693. The third kappa shape index (κ3) is 5.28. The second kappa shape index (κ2) is 10.1. The lowest BCUT2D eigenvalue weighted by Crippen LogP contribution is -2.48. The van der Waals surface area contributed by atoms with Crippen LogP contribution in [0.4, 0.5) is 11.6 Å². The number of amides is 1. The van der Waals surface area contributed by atoms with E-state index in [1.54, 1.807) is 36.8 Å². The molecule has 13 heteroatoms. The summed E-state index contributed by atoms with van der Waals surface area (Å²) >= 11 is 0. The summed E-state index contributed by atoms with van der Waals surface area (Å²) in [7, 11) is -3.51. The number of pyridine rings is 1. The van der Waals surface area contributed by atoms with Gasteiger partial charge in [0.1, 0.15) is 18.0 Å². The normalized spacial score (nSPS) is 24.2. The van der Waals surface area contributed by atoms with Crippen molar-refractivity contribution in [3.8, 4) is 17.1 Å². The molecule has 6 rings (SSSR count). The van der Waals surface area contributed by atoms with Crippen LogP contribution in [-0.4, -0.2) is 63.3 Å². The fourth-order valence-corrected chi connectivity index (χ4v) is 6.62. The van der Waals surface area contributed by atoms with Crippen LogP contribution in [0.25, 0.3) is 11.3 Å². The molecular formula is C26H29N7O5S. The van der Waals surface area contributed by atoms with Crippen LogP contribution in [0.5, 0.6) is 5.88 Å². The Morgan fingerprint density at radius 3 is 2.54 bits per heavy atom. The molecule has 0 spiro atoms. The van der Waals surface area contributed by atoms with Gasteiger partial charge in [-0.05, 0) is 57.6 Å². The number of nitrogens with zero attached hydrogens (tertiary/aromatic N) is 5. The number of rotatable bonds is 9. The number of nitrogens with one attached hydrogen (secondary N) is 2. The van der Waals surface area contributed by atoms with E-state index >= 15 is 0 Å². The van der Waals surface area contributed by atoms with Crippen LogP contribution in [-0.2, 0) is 25.0 Å². The first-order valence-electron chi connectivity index (χ1n) is 13.1. The predicted molar refractivity (Wildman–Crippen MR) is 141 cm³/mol. The lowest BCUT2D eigenvalue weighted by molar-refractivity contribution is -0.129. The fourth-order valence-electron chi connectivity index (χ4n) is 5.29. The molecule has 0 aromatic carbocycles. The van der Waals surface area contributed by atoms with Crippen molar-refractivity contribution in [1.82, 2.24) is 24.9 Å². The molecule has 1 aliphatic carbocycles. The van der Waals surface area contributed by atoms with Gasteiger partial charge in [-0.3, -0.25) is 14.5 Å². The van der Waals surface area contributed by atoms with Crippen molar-refractivity contribution in [1.29, 1.82) is 0 Å². The quantitative estimate of drug-likeness (QED) is 0.405. The summed E-state index contributed by atoms with van der Waals surface area (Å²) in [6, 6.07) is 5.09. The molecule has 2 bridgehead atoms. The first kappa shape index (κ1) is 25.6. The molecule has 2 unspecified atom stereocenters. The van der Waals surface area contributed by atoms with Crippen LogP contribution >= 0.6 is 0 Å². The summed E-state index contributed by atoms with van der Waals surface area (Å²) in [5, 5.41) is 2.57. The molecular weight excluding hydrogens is 522 g/mol. The third-order valence-electron chi connectivity index (χ3n) is 7.36. The van der Waals surface area contributed by atoms with E-state index in [1.807, 2.05) is 6.92 Å². The number of hydrogen-bond acceptors (Lipinski definition) is 10. The molecule has 3 aromatic heterocycles. The Morgan fingerprint density at radius 2 is 1.85 bits per heavy atom. The van der Waals surface area contributed by atoms with E-state index in [9.17, 15) is 13.2 Å². The van der Waals surface area contributed by atoms with Crippen LogP contribution < -0.4 is 14.8 Å². The highest BCUT2D eigenvalue weighted by molar-refractivity contribution is 7.93. The van der Waals surface area contributed by atoms with Crippen LogP contribution in [0.1, 0.15) is 51.1 Å². The number of aromatic nitrogens is 5. The van der Waals surface area contributed by atoms with Gasteiger partial charge in [-0.2, -0.15) is 0 Å². The van der Waals surface area contributed by atoms with Gasteiger partial charge in [0, 0.05) is 17.8 Å². The molecule has 0 radical (unpaired) electrons. The molecule has 5 heterocycles. The molecule has 1 saturated carbocycles. The maximum absolute atomic E-state index is 14.0. The van der Waals surface area contributed by atoms with Gasteiger partial charge in [0.05, 0.1) is 53.3 Å². The van der Waals surface area contributed by atoms with E-state index < -0.39 is 20.7 Å². The Bertz CT molecular complexity index is 1470. The van der Waals surface area contributed by atoms with E-state index in [1.165, 1.54) is 6.33 Å². The van der Waals surface area contributed by atoms with E-state index in [0.717, 1.165) is 18.4 Å². The highest BCUT2D eigenvalue weighted by Gasteiger charge is 2.52. The van der Waals surface area contributed by atoms with Gasteiger partial charge in [-0.1, -0.05) is 0 Å². The first-order chi connectivity index (χ1) is 18.8. The van der Waals surface area contributed by atoms with Gasteiger partial charge in [0.2, 0.25) is 21.8 Å². The summed E-state index contributed by atoms with van der Waals surface area (Å²) in [5.41, 5.74) is 0.767. The lowest BCUT2D eigenvalue weighted by atomic mass is 9.73. The average molecular weight is 552 g/mol. The Morgan fingerprint density at radius 1 is 1.05 bits per heavy atom. The van der Waals surface area contributed by atoms with Crippen molar-refractivity contribution in [2.75, 3.05) is 16.6 Å². The molecule has 12 nitrogen and oxygen atoms in total.